The van der Waals surface area contributed by atoms with Gasteiger partial charge in [0.15, 0.2) is 0 Å². The number of aromatic hydroxyl groups is 1. The number of amides is 1. The Bertz CT molecular complexity index is 491. The van der Waals surface area contributed by atoms with Gasteiger partial charge in [0.1, 0.15) is 5.75 Å². The lowest BCUT2D eigenvalue weighted by atomic mass is 10.1. The van der Waals surface area contributed by atoms with Gasteiger partial charge in [-0.05, 0) is 25.0 Å². The second-order valence-corrected chi connectivity index (χ2v) is 5.31. The number of aliphatic carboxylic acids is 1. The molecule has 21 heavy (non-hydrogen) atoms. The molecule has 0 aliphatic carbocycles. The van der Waals surface area contributed by atoms with Crippen molar-refractivity contribution < 1.29 is 19.8 Å². The Balaban J connectivity index is 2.15. The van der Waals surface area contributed by atoms with Crippen LogP contribution in [-0.4, -0.2) is 22.1 Å². The first-order valence-electron chi connectivity index (χ1n) is 6.99. The largest absolute Gasteiger partial charge is 0.506 e. The van der Waals surface area contributed by atoms with Gasteiger partial charge in [-0.15, -0.1) is 0 Å². The second kappa shape index (κ2) is 9.23. The molecule has 0 unspecified atom stereocenters. The SMILES string of the molecule is O=C(O)CCCCCCCC(=O)Nc1ccc(Cl)cc1O. The molecule has 0 radical (unpaired) electrons. The van der Waals surface area contributed by atoms with Crippen LogP contribution in [0.3, 0.4) is 0 Å². The van der Waals surface area contributed by atoms with Crippen LogP contribution >= 0.6 is 11.6 Å². The van der Waals surface area contributed by atoms with E-state index >= 15 is 0 Å². The van der Waals surface area contributed by atoms with Crippen LogP contribution in [0.2, 0.25) is 5.02 Å². The number of rotatable bonds is 9. The monoisotopic (exact) mass is 313 g/mol. The molecule has 1 rings (SSSR count). The van der Waals surface area contributed by atoms with Gasteiger partial charge in [-0.25, -0.2) is 0 Å². The lowest BCUT2D eigenvalue weighted by Crippen LogP contribution is -2.11. The molecule has 0 aliphatic heterocycles. The fraction of sp³-hybridized carbons (Fsp3) is 0.467. The zero-order valence-corrected chi connectivity index (χ0v) is 12.5. The number of anilines is 1. The van der Waals surface area contributed by atoms with Crippen LogP contribution in [0.5, 0.6) is 5.75 Å². The molecule has 0 aliphatic rings. The molecule has 1 aromatic rings. The first-order valence-corrected chi connectivity index (χ1v) is 7.37. The third kappa shape index (κ3) is 7.56. The van der Waals surface area contributed by atoms with Gasteiger partial charge in [-0.2, -0.15) is 0 Å². The Kier molecular flexibility index (Phi) is 7.61. The zero-order chi connectivity index (χ0) is 15.7. The van der Waals surface area contributed by atoms with E-state index in [-0.39, 0.29) is 18.1 Å². The quantitative estimate of drug-likeness (QED) is 0.478. The summed E-state index contributed by atoms with van der Waals surface area (Å²) in [7, 11) is 0. The second-order valence-electron chi connectivity index (χ2n) is 4.87. The topological polar surface area (TPSA) is 86.6 Å². The zero-order valence-electron chi connectivity index (χ0n) is 11.8. The van der Waals surface area contributed by atoms with E-state index in [9.17, 15) is 14.7 Å². The number of carboxylic acid groups (broad SMARTS) is 1. The highest BCUT2D eigenvalue weighted by Crippen LogP contribution is 2.26. The minimum Gasteiger partial charge on any atom is -0.506 e. The molecule has 0 atom stereocenters. The van der Waals surface area contributed by atoms with Crippen LogP contribution < -0.4 is 5.32 Å². The van der Waals surface area contributed by atoms with Crippen LogP contribution in [0.1, 0.15) is 44.9 Å². The van der Waals surface area contributed by atoms with Gasteiger partial charge < -0.3 is 15.5 Å². The number of phenols is 1. The number of carbonyl (C=O) groups excluding carboxylic acids is 1. The van der Waals surface area contributed by atoms with Crippen LogP contribution in [0.25, 0.3) is 0 Å². The molecule has 0 fully saturated rings. The number of phenolic OH excluding ortho intramolecular Hbond substituents is 1. The average molecular weight is 314 g/mol. The van der Waals surface area contributed by atoms with Gasteiger partial charge >= 0.3 is 5.97 Å². The smallest absolute Gasteiger partial charge is 0.303 e. The minimum absolute atomic E-state index is 0.0514. The van der Waals surface area contributed by atoms with Crippen molar-refractivity contribution in [1.82, 2.24) is 0 Å². The highest BCUT2D eigenvalue weighted by Gasteiger charge is 2.06. The third-order valence-corrected chi connectivity index (χ3v) is 3.26. The molecule has 0 spiro atoms. The van der Waals surface area contributed by atoms with Crippen molar-refractivity contribution in [2.45, 2.75) is 44.9 Å². The Hall–Kier alpha value is -1.75. The minimum atomic E-state index is -0.767. The average Bonchev–Trinajstić information content (AvgIpc) is 2.40. The van der Waals surface area contributed by atoms with Gasteiger partial charge in [0.2, 0.25) is 5.91 Å². The van der Waals surface area contributed by atoms with E-state index in [1.54, 1.807) is 12.1 Å². The molecule has 1 aromatic carbocycles. The standard InChI is InChI=1S/C15H20ClNO4/c16-11-8-9-12(13(18)10-11)17-14(19)6-4-2-1-3-5-7-15(20)21/h8-10,18H,1-7H2,(H,17,19)(H,20,21). The third-order valence-electron chi connectivity index (χ3n) is 3.03. The number of benzene rings is 1. The van der Waals surface area contributed by atoms with Gasteiger partial charge in [0.25, 0.3) is 0 Å². The molecule has 3 N–H and O–H groups in total. The summed E-state index contributed by atoms with van der Waals surface area (Å²) >= 11 is 5.71. The molecule has 0 aromatic heterocycles. The fourth-order valence-corrected chi connectivity index (χ4v) is 2.08. The van der Waals surface area contributed by atoms with E-state index in [1.165, 1.54) is 6.07 Å². The summed E-state index contributed by atoms with van der Waals surface area (Å²) in [5.74, 6) is -0.972. The van der Waals surface area contributed by atoms with Crippen LogP contribution in [-0.2, 0) is 9.59 Å². The van der Waals surface area contributed by atoms with E-state index in [2.05, 4.69) is 5.32 Å². The van der Waals surface area contributed by atoms with Crippen molar-refractivity contribution in [3.8, 4) is 5.75 Å². The number of hydrogen-bond donors (Lipinski definition) is 3. The predicted octanol–water partition coefficient (Wildman–Crippen LogP) is 3.80. The maximum atomic E-state index is 11.7. The van der Waals surface area contributed by atoms with Gasteiger partial charge in [0.05, 0.1) is 5.69 Å². The molecule has 6 heteroatoms. The normalized spacial score (nSPS) is 10.3. The summed E-state index contributed by atoms with van der Waals surface area (Å²) in [6.07, 6.45) is 4.68. The lowest BCUT2D eigenvalue weighted by molar-refractivity contribution is -0.137. The number of halogens is 1. The van der Waals surface area contributed by atoms with E-state index in [0.29, 0.717) is 23.6 Å². The maximum Gasteiger partial charge on any atom is 0.303 e. The Labute approximate surface area is 128 Å². The molecule has 0 bridgehead atoms. The summed E-state index contributed by atoms with van der Waals surface area (Å²) in [4.78, 5) is 22.0. The fourth-order valence-electron chi connectivity index (χ4n) is 1.92. The maximum absolute atomic E-state index is 11.7. The number of carbonyl (C=O) groups is 2. The van der Waals surface area contributed by atoms with E-state index in [0.717, 1.165) is 25.7 Å². The van der Waals surface area contributed by atoms with Crippen molar-refractivity contribution in [3.05, 3.63) is 23.2 Å². The van der Waals surface area contributed by atoms with E-state index < -0.39 is 5.97 Å². The van der Waals surface area contributed by atoms with E-state index in [1.807, 2.05) is 0 Å². The van der Waals surface area contributed by atoms with Gasteiger partial charge in [-0.1, -0.05) is 30.9 Å². The molecular formula is C15H20ClNO4. The first-order chi connectivity index (χ1) is 9.99. The van der Waals surface area contributed by atoms with Gasteiger partial charge in [-0.3, -0.25) is 9.59 Å². The first kappa shape index (κ1) is 17.3. The molecular weight excluding hydrogens is 294 g/mol. The van der Waals surface area contributed by atoms with Crippen molar-refractivity contribution in [3.63, 3.8) is 0 Å². The summed E-state index contributed by atoms with van der Waals surface area (Å²) in [6, 6.07) is 4.53. The van der Waals surface area contributed by atoms with Crippen LogP contribution in [0, 0.1) is 0 Å². The number of unbranched alkanes of at least 4 members (excludes halogenated alkanes) is 4. The molecule has 0 saturated heterocycles. The predicted molar refractivity (Wildman–Crippen MR) is 81.7 cm³/mol. The molecule has 5 nitrogen and oxygen atoms in total. The highest BCUT2D eigenvalue weighted by molar-refractivity contribution is 6.30. The Morgan fingerprint density at radius 2 is 1.67 bits per heavy atom. The number of hydrogen-bond acceptors (Lipinski definition) is 3. The Morgan fingerprint density at radius 3 is 2.29 bits per heavy atom. The van der Waals surface area contributed by atoms with Crippen molar-refractivity contribution in [2.75, 3.05) is 5.32 Å². The van der Waals surface area contributed by atoms with E-state index in [4.69, 9.17) is 16.7 Å². The summed E-state index contributed by atoms with van der Waals surface area (Å²) < 4.78 is 0. The highest BCUT2D eigenvalue weighted by atomic mass is 35.5. The molecule has 0 saturated carbocycles. The van der Waals surface area contributed by atoms with Crippen LogP contribution in [0.4, 0.5) is 5.69 Å². The molecule has 1 amide bonds. The Morgan fingerprint density at radius 1 is 1.05 bits per heavy atom. The molecule has 116 valence electrons. The van der Waals surface area contributed by atoms with Gasteiger partial charge in [0, 0.05) is 23.9 Å². The van der Waals surface area contributed by atoms with Crippen molar-refractivity contribution in [2.24, 2.45) is 0 Å². The number of nitrogens with one attached hydrogen (secondary N) is 1. The van der Waals surface area contributed by atoms with Crippen LogP contribution in [0.15, 0.2) is 18.2 Å². The summed E-state index contributed by atoms with van der Waals surface area (Å²) in [6.45, 7) is 0. The summed E-state index contributed by atoms with van der Waals surface area (Å²) in [5.41, 5.74) is 0.353. The number of carboxylic acids is 1. The lowest BCUT2D eigenvalue weighted by Gasteiger charge is -2.07. The van der Waals surface area contributed by atoms with Crippen molar-refractivity contribution in [1.29, 1.82) is 0 Å². The summed E-state index contributed by atoms with van der Waals surface area (Å²) in [5, 5.41) is 21.1. The van der Waals surface area contributed by atoms with Crippen molar-refractivity contribution >= 4 is 29.2 Å². The molecule has 0 heterocycles.